The van der Waals surface area contributed by atoms with Crippen molar-refractivity contribution in [3.8, 4) is 0 Å². The van der Waals surface area contributed by atoms with Gasteiger partial charge in [0.05, 0.1) is 0 Å². The maximum atomic E-state index is 10.8. The van der Waals surface area contributed by atoms with Crippen molar-refractivity contribution < 1.29 is 4.79 Å². The molecule has 0 amide bonds. The zero-order valence-corrected chi connectivity index (χ0v) is 15.4. The van der Waals surface area contributed by atoms with E-state index in [2.05, 4.69) is 24.0 Å². The highest BCUT2D eigenvalue weighted by Crippen LogP contribution is 2.28. The van der Waals surface area contributed by atoms with Gasteiger partial charge in [0.2, 0.25) is 0 Å². The number of aryl methyl sites for hydroxylation is 1. The van der Waals surface area contributed by atoms with E-state index in [-0.39, 0.29) is 5.17 Å². The highest BCUT2D eigenvalue weighted by atomic mass is 32.2. The van der Waals surface area contributed by atoms with Gasteiger partial charge >= 0.3 is 0 Å². The fourth-order valence-corrected chi connectivity index (χ4v) is 2.83. The van der Waals surface area contributed by atoms with Crippen LogP contribution >= 0.6 is 11.8 Å². The molecule has 1 aliphatic heterocycles. The van der Waals surface area contributed by atoms with Crippen LogP contribution < -0.4 is 4.90 Å². The van der Waals surface area contributed by atoms with Crippen LogP contribution in [0.4, 0.5) is 5.69 Å². The van der Waals surface area contributed by atoms with Crippen LogP contribution in [0.25, 0.3) is 6.08 Å². The Bertz CT molecular complexity index is 793. The minimum Gasteiger partial charge on any atom is -0.378 e. The molecule has 1 N–H and O–H groups in total. The summed E-state index contributed by atoms with van der Waals surface area (Å²) < 4.78 is 0. The van der Waals surface area contributed by atoms with Crippen LogP contribution in [0.1, 0.15) is 11.1 Å². The average Bonchev–Trinajstić information content (AvgIpc) is 2.96. The average molecular weight is 351 g/mol. The summed E-state index contributed by atoms with van der Waals surface area (Å²) in [5, 5.41) is 7.60. The Morgan fingerprint density at radius 1 is 1.04 bits per heavy atom. The van der Waals surface area contributed by atoms with Crippen molar-refractivity contribution in [1.29, 1.82) is 5.41 Å². The normalized spacial score (nSPS) is 14.6. The Kier molecular flexibility index (Phi) is 6.71. The number of carbonyl (C=O) groups excluding carboxylic acids is 1. The Morgan fingerprint density at radius 3 is 2.16 bits per heavy atom. The summed E-state index contributed by atoms with van der Waals surface area (Å²) >= 11 is 1.20. The molecular weight excluding hydrogens is 330 g/mol. The summed E-state index contributed by atoms with van der Waals surface area (Å²) in [5.74, 6) is 0. The van der Waals surface area contributed by atoms with Crippen molar-refractivity contribution in [1.82, 2.24) is 0 Å². The van der Waals surface area contributed by atoms with Crippen molar-refractivity contribution in [3.63, 3.8) is 0 Å². The molecule has 0 aromatic heterocycles. The van der Waals surface area contributed by atoms with E-state index in [9.17, 15) is 4.79 Å². The smallest absolute Gasteiger partial charge is 0.185 e. The number of hydrogen-bond donors (Lipinski definition) is 1. The maximum Gasteiger partial charge on any atom is 0.185 e. The Hall–Kier alpha value is -2.66. The molecule has 0 saturated heterocycles. The van der Waals surface area contributed by atoms with Crippen LogP contribution in [-0.4, -0.2) is 31.3 Å². The van der Waals surface area contributed by atoms with E-state index >= 15 is 0 Å². The molecule has 5 heteroatoms. The number of nitrogens with one attached hydrogen (secondary N) is 1. The molecule has 0 saturated carbocycles. The molecule has 25 heavy (non-hydrogen) atoms. The molecular formula is C20H21N3OS. The van der Waals surface area contributed by atoms with Crippen molar-refractivity contribution in [3.05, 3.63) is 70.6 Å². The summed E-state index contributed by atoms with van der Waals surface area (Å²) in [6.45, 7) is 2.08. The lowest BCUT2D eigenvalue weighted by Gasteiger charge is -2.11. The van der Waals surface area contributed by atoms with Gasteiger partial charge in [0, 0.05) is 24.7 Å². The molecule has 3 rings (SSSR count). The highest BCUT2D eigenvalue weighted by Gasteiger charge is 2.17. The minimum absolute atomic E-state index is 0.160. The van der Waals surface area contributed by atoms with Crippen molar-refractivity contribution >= 4 is 40.7 Å². The predicted molar refractivity (Wildman–Crippen MR) is 109 cm³/mol. The standard InChI is InChI=1S/C13H13N3OS.C7H8/c1-16(2)10-5-3-9(4-6-10)7-12-11(8-17)15-13(14)18-12;1-7-5-3-2-4-6-7/h3-8,14H,1-2H3;2-6H,1H3. The van der Waals surface area contributed by atoms with Crippen LogP contribution in [-0.2, 0) is 4.79 Å². The largest absolute Gasteiger partial charge is 0.378 e. The highest BCUT2D eigenvalue weighted by molar-refractivity contribution is 8.18. The molecule has 0 radical (unpaired) electrons. The first kappa shape index (κ1) is 18.7. The van der Waals surface area contributed by atoms with Gasteiger partial charge in [0.1, 0.15) is 5.71 Å². The zero-order chi connectivity index (χ0) is 18.2. The van der Waals surface area contributed by atoms with Gasteiger partial charge in [-0.2, -0.15) is 0 Å². The molecule has 0 bridgehead atoms. The van der Waals surface area contributed by atoms with Gasteiger partial charge in [-0.15, -0.1) is 0 Å². The fraction of sp³-hybridized carbons (Fsp3) is 0.150. The van der Waals surface area contributed by atoms with Crippen LogP contribution in [0.2, 0.25) is 0 Å². The molecule has 1 heterocycles. The van der Waals surface area contributed by atoms with Crippen molar-refractivity contribution in [2.45, 2.75) is 6.92 Å². The first-order valence-corrected chi connectivity index (χ1v) is 8.62. The summed E-state index contributed by atoms with van der Waals surface area (Å²) in [6.07, 6.45) is 2.56. The number of nitrogens with zero attached hydrogens (tertiary/aromatic N) is 2. The van der Waals surface area contributed by atoms with Crippen LogP contribution in [0.3, 0.4) is 0 Å². The SMILES string of the molecule is CN(C)c1ccc(C=C2SC(=N)N=C2C=O)cc1.Cc1ccccc1. The van der Waals surface area contributed by atoms with E-state index in [1.165, 1.54) is 17.3 Å². The number of allylic oxidation sites excluding steroid dienone is 1. The first-order valence-electron chi connectivity index (χ1n) is 7.81. The minimum atomic E-state index is 0.160. The van der Waals surface area contributed by atoms with Gasteiger partial charge in [-0.3, -0.25) is 10.2 Å². The number of anilines is 1. The Labute approximate surface area is 152 Å². The third-order valence-corrected chi connectivity index (χ3v) is 4.27. The number of amidine groups is 1. The van der Waals surface area contributed by atoms with Gasteiger partial charge in [-0.05, 0) is 42.5 Å². The fourth-order valence-electron chi connectivity index (χ4n) is 2.09. The molecule has 2 aromatic rings. The second kappa shape index (κ2) is 8.99. The van der Waals surface area contributed by atoms with E-state index in [0.717, 1.165) is 16.2 Å². The first-order chi connectivity index (χ1) is 12.0. The second-order valence-corrected chi connectivity index (χ2v) is 6.70. The number of hydrogen-bond acceptors (Lipinski definition) is 4. The molecule has 0 aliphatic carbocycles. The van der Waals surface area contributed by atoms with E-state index in [4.69, 9.17) is 5.41 Å². The monoisotopic (exact) mass is 351 g/mol. The van der Waals surface area contributed by atoms with Gasteiger partial charge in [0.25, 0.3) is 0 Å². The van der Waals surface area contributed by atoms with Gasteiger partial charge in [-0.1, -0.05) is 48.0 Å². The van der Waals surface area contributed by atoms with E-state index in [0.29, 0.717) is 12.0 Å². The predicted octanol–water partition coefficient (Wildman–Crippen LogP) is 4.41. The van der Waals surface area contributed by atoms with Crippen LogP contribution in [0.5, 0.6) is 0 Å². The van der Waals surface area contributed by atoms with E-state index < -0.39 is 0 Å². The Balaban J connectivity index is 0.000000269. The zero-order valence-electron chi connectivity index (χ0n) is 14.6. The van der Waals surface area contributed by atoms with Gasteiger partial charge in [-0.25, -0.2) is 4.99 Å². The van der Waals surface area contributed by atoms with Gasteiger partial charge < -0.3 is 4.90 Å². The van der Waals surface area contributed by atoms with Crippen LogP contribution in [0, 0.1) is 12.3 Å². The number of aliphatic imine (C=N–C) groups is 1. The molecule has 0 spiro atoms. The number of aldehydes is 1. The molecule has 1 aliphatic rings. The lowest BCUT2D eigenvalue weighted by molar-refractivity contribution is -0.102. The summed E-state index contributed by atoms with van der Waals surface area (Å²) in [4.78, 5) is 17.4. The molecule has 4 nitrogen and oxygen atoms in total. The summed E-state index contributed by atoms with van der Waals surface area (Å²) in [6, 6.07) is 18.2. The lowest BCUT2D eigenvalue weighted by Crippen LogP contribution is -2.07. The number of thioether (sulfide) groups is 1. The van der Waals surface area contributed by atoms with Gasteiger partial charge in [0.15, 0.2) is 11.5 Å². The maximum absolute atomic E-state index is 10.8. The third-order valence-electron chi connectivity index (χ3n) is 3.44. The van der Waals surface area contributed by atoms with E-state index in [1.54, 1.807) is 0 Å². The van der Waals surface area contributed by atoms with Crippen molar-refractivity contribution in [2.75, 3.05) is 19.0 Å². The topological polar surface area (TPSA) is 56.5 Å². The van der Waals surface area contributed by atoms with E-state index in [1.807, 2.05) is 67.5 Å². The van der Waals surface area contributed by atoms with Crippen LogP contribution in [0.15, 0.2) is 64.5 Å². The summed E-state index contributed by atoms with van der Waals surface area (Å²) in [7, 11) is 3.97. The quantitative estimate of drug-likeness (QED) is 0.833. The Morgan fingerprint density at radius 2 is 1.68 bits per heavy atom. The number of benzene rings is 2. The summed E-state index contributed by atoms with van der Waals surface area (Å²) in [5.41, 5.74) is 3.77. The number of rotatable bonds is 3. The molecule has 0 atom stereocenters. The third kappa shape index (κ3) is 5.72. The molecule has 128 valence electrons. The molecule has 0 fully saturated rings. The second-order valence-electron chi connectivity index (χ2n) is 5.67. The number of carbonyl (C=O) groups is 1. The molecule has 0 unspecified atom stereocenters. The van der Waals surface area contributed by atoms with Crippen molar-refractivity contribution in [2.24, 2.45) is 4.99 Å². The lowest BCUT2D eigenvalue weighted by atomic mass is 10.1. The molecule has 2 aromatic carbocycles.